The monoisotopic (exact) mass is 291 g/mol. The molecule has 1 unspecified atom stereocenters. The molecule has 0 aliphatic heterocycles. The Labute approximate surface area is 113 Å². The molecule has 0 spiro atoms. The Morgan fingerprint density at radius 3 is 2.50 bits per heavy atom. The third kappa shape index (κ3) is 4.33. The summed E-state index contributed by atoms with van der Waals surface area (Å²) in [6.07, 6.45) is 5.47. The van der Waals surface area contributed by atoms with Crippen LogP contribution in [0.25, 0.3) is 0 Å². The lowest BCUT2D eigenvalue weighted by Crippen LogP contribution is -2.03. The average Bonchev–Trinajstić information content (AvgIpc) is 2.66. The van der Waals surface area contributed by atoms with Crippen LogP contribution in [0.4, 0.5) is 0 Å². The van der Waals surface area contributed by atoms with E-state index in [1.54, 1.807) is 6.92 Å². The van der Waals surface area contributed by atoms with Gasteiger partial charge in [-0.25, -0.2) is 4.98 Å². The molecule has 1 N–H and O–H groups in total. The van der Waals surface area contributed by atoms with Crippen molar-refractivity contribution in [2.24, 2.45) is 5.92 Å². The van der Waals surface area contributed by atoms with Crippen molar-refractivity contribution in [2.75, 3.05) is 0 Å². The van der Waals surface area contributed by atoms with E-state index in [-0.39, 0.29) is 4.34 Å². The van der Waals surface area contributed by atoms with Crippen molar-refractivity contribution in [1.29, 1.82) is 0 Å². The number of aryl methyl sites for hydroxylation is 1. The number of nitrogens with zero attached hydrogens (tertiary/aromatic N) is 1. The zero-order valence-corrected chi connectivity index (χ0v) is 12.8. The lowest BCUT2D eigenvalue weighted by Gasteiger charge is -2.13. The summed E-state index contributed by atoms with van der Waals surface area (Å²) < 4.78 is 30.9. The Balaban J connectivity index is 2.80. The van der Waals surface area contributed by atoms with Gasteiger partial charge in [0.1, 0.15) is 0 Å². The van der Waals surface area contributed by atoms with E-state index in [4.69, 9.17) is 4.55 Å². The zero-order chi connectivity index (χ0) is 13.8. The van der Waals surface area contributed by atoms with Crippen LogP contribution in [0.5, 0.6) is 0 Å². The van der Waals surface area contributed by atoms with Crippen LogP contribution < -0.4 is 0 Å². The van der Waals surface area contributed by atoms with Gasteiger partial charge in [0.2, 0.25) is 4.34 Å². The molecule has 0 fully saturated rings. The molecule has 0 aromatic carbocycles. The van der Waals surface area contributed by atoms with Crippen molar-refractivity contribution >= 4 is 21.5 Å². The number of hydrogen-bond donors (Lipinski definition) is 1. The molecule has 0 aliphatic carbocycles. The second-order valence-electron chi connectivity index (χ2n) is 4.58. The van der Waals surface area contributed by atoms with E-state index >= 15 is 0 Å². The molecule has 18 heavy (non-hydrogen) atoms. The quantitative estimate of drug-likeness (QED) is 0.781. The van der Waals surface area contributed by atoms with E-state index in [0.717, 1.165) is 41.2 Å². The lowest BCUT2D eigenvalue weighted by molar-refractivity contribution is 0.451. The van der Waals surface area contributed by atoms with Crippen molar-refractivity contribution in [2.45, 2.75) is 57.2 Å². The van der Waals surface area contributed by atoms with Gasteiger partial charge in [-0.1, -0.05) is 39.5 Å². The molecular formula is C12H21NO3S2. The smallest absolute Gasteiger partial charge is 0.280 e. The van der Waals surface area contributed by atoms with Crippen molar-refractivity contribution in [1.82, 2.24) is 4.98 Å². The summed E-state index contributed by atoms with van der Waals surface area (Å²) in [5.74, 6) is 0.568. The van der Waals surface area contributed by atoms with Crippen LogP contribution in [0, 0.1) is 12.8 Å². The number of unbranched alkanes of at least 4 members (excludes halogenated alkanes) is 1. The van der Waals surface area contributed by atoms with Gasteiger partial charge in [-0.15, -0.1) is 11.3 Å². The van der Waals surface area contributed by atoms with Gasteiger partial charge in [0.15, 0.2) is 0 Å². The van der Waals surface area contributed by atoms with Gasteiger partial charge < -0.3 is 0 Å². The zero-order valence-electron chi connectivity index (χ0n) is 11.1. The van der Waals surface area contributed by atoms with E-state index in [1.165, 1.54) is 12.8 Å². The fraction of sp³-hybridized carbons (Fsp3) is 0.750. The molecule has 1 aromatic rings. The van der Waals surface area contributed by atoms with Gasteiger partial charge in [0, 0.05) is 4.88 Å². The minimum Gasteiger partial charge on any atom is -0.280 e. The Morgan fingerprint density at radius 2 is 2.06 bits per heavy atom. The molecule has 4 nitrogen and oxygen atoms in total. The third-order valence-electron chi connectivity index (χ3n) is 3.11. The Kier molecular flexibility index (Phi) is 5.75. The predicted molar refractivity (Wildman–Crippen MR) is 73.7 cm³/mol. The van der Waals surface area contributed by atoms with Crippen molar-refractivity contribution in [3.05, 3.63) is 10.6 Å². The van der Waals surface area contributed by atoms with Gasteiger partial charge in [0.05, 0.1) is 5.69 Å². The first-order valence-electron chi connectivity index (χ1n) is 6.32. The van der Waals surface area contributed by atoms with Crippen LogP contribution >= 0.6 is 11.3 Å². The number of thiazole rings is 1. The first-order chi connectivity index (χ1) is 8.38. The third-order valence-corrected chi connectivity index (χ3v) is 5.50. The topological polar surface area (TPSA) is 67.3 Å². The highest BCUT2D eigenvalue weighted by Crippen LogP contribution is 2.27. The summed E-state index contributed by atoms with van der Waals surface area (Å²) >= 11 is 1.09. The van der Waals surface area contributed by atoms with Crippen molar-refractivity contribution < 1.29 is 13.0 Å². The summed E-state index contributed by atoms with van der Waals surface area (Å²) in [6.45, 7) is 6.12. The van der Waals surface area contributed by atoms with Gasteiger partial charge in [-0.3, -0.25) is 4.55 Å². The first-order valence-corrected chi connectivity index (χ1v) is 8.57. The maximum atomic E-state index is 11.0. The highest BCUT2D eigenvalue weighted by molar-refractivity contribution is 7.88. The molecule has 6 heteroatoms. The summed E-state index contributed by atoms with van der Waals surface area (Å²) in [5.41, 5.74) is 0.725. The van der Waals surface area contributed by atoms with E-state index in [1.807, 2.05) is 0 Å². The van der Waals surface area contributed by atoms with E-state index in [9.17, 15) is 8.42 Å². The average molecular weight is 291 g/mol. The lowest BCUT2D eigenvalue weighted by atomic mass is 9.95. The molecule has 1 rings (SSSR count). The van der Waals surface area contributed by atoms with Gasteiger partial charge in [0.25, 0.3) is 0 Å². The van der Waals surface area contributed by atoms with Gasteiger partial charge in [-0.2, -0.15) is 8.42 Å². The normalized spacial score (nSPS) is 13.8. The molecule has 0 saturated carbocycles. The largest absolute Gasteiger partial charge is 0.322 e. The minimum absolute atomic E-state index is 0.180. The molecular weight excluding hydrogens is 270 g/mol. The summed E-state index contributed by atoms with van der Waals surface area (Å²) in [7, 11) is -4.16. The van der Waals surface area contributed by atoms with E-state index in [0.29, 0.717) is 5.92 Å². The molecule has 0 bridgehead atoms. The highest BCUT2D eigenvalue weighted by atomic mass is 32.3. The molecule has 0 radical (unpaired) electrons. The fourth-order valence-electron chi connectivity index (χ4n) is 1.91. The Hall–Kier alpha value is -0.460. The molecule has 0 amide bonds. The van der Waals surface area contributed by atoms with Crippen LogP contribution in [-0.2, 0) is 16.5 Å². The van der Waals surface area contributed by atoms with Crippen LogP contribution in [-0.4, -0.2) is 18.0 Å². The SMILES string of the molecule is CCCCC(CC)Cc1sc(S(=O)(=O)O)nc1C. The Morgan fingerprint density at radius 1 is 1.39 bits per heavy atom. The minimum atomic E-state index is -4.16. The van der Waals surface area contributed by atoms with Crippen LogP contribution in [0.1, 0.15) is 50.1 Å². The molecule has 1 heterocycles. The van der Waals surface area contributed by atoms with Crippen LogP contribution in [0.15, 0.2) is 4.34 Å². The molecule has 104 valence electrons. The van der Waals surface area contributed by atoms with Gasteiger partial charge >= 0.3 is 10.1 Å². The van der Waals surface area contributed by atoms with E-state index in [2.05, 4.69) is 18.8 Å². The van der Waals surface area contributed by atoms with Crippen LogP contribution in [0.2, 0.25) is 0 Å². The highest BCUT2D eigenvalue weighted by Gasteiger charge is 2.19. The summed E-state index contributed by atoms with van der Waals surface area (Å²) in [5, 5.41) is 0. The number of rotatable bonds is 7. The summed E-state index contributed by atoms with van der Waals surface area (Å²) in [6, 6.07) is 0. The molecule has 0 saturated heterocycles. The van der Waals surface area contributed by atoms with Crippen molar-refractivity contribution in [3.63, 3.8) is 0 Å². The van der Waals surface area contributed by atoms with Crippen LogP contribution in [0.3, 0.4) is 0 Å². The second kappa shape index (κ2) is 6.63. The first kappa shape index (κ1) is 15.6. The molecule has 1 aromatic heterocycles. The maximum absolute atomic E-state index is 11.0. The molecule has 1 atom stereocenters. The van der Waals surface area contributed by atoms with E-state index < -0.39 is 10.1 Å². The number of hydrogen-bond acceptors (Lipinski definition) is 4. The standard InChI is InChI=1S/C12H21NO3S2/c1-4-6-7-10(5-2)8-11-9(3)13-12(17-11)18(14,15)16/h10H,4-8H2,1-3H3,(H,14,15,16). The predicted octanol–water partition coefficient (Wildman–Crippen LogP) is 3.46. The maximum Gasteiger partial charge on any atom is 0.322 e. The molecule has 0 aliphatic rings. The van der Waals surface area contributed by atoms with Gasteiger partial charge in [-0.05, 0) is 19.3 Å². The van der Waals surface area contributed by atoms with Crippen molar-refractivity contribution in [3.8, 4) is 0 Å². The second-order valence-corrected chi connectivity index (χ2v) is 7.26. The summed E-state index contributed by atoms with van der Waals surface area (Å²) in [4.78, 5) is 4.91. The Bertz CT molecular complexity index is 480. The number of aromatic nitrogens is 1. The fourth-order valence-corrected chi connectivity index (χ4v) is 3.79.